The van der Waals surface area contributed by atoms with Crippen LogP contribution in [0.2, 0.25) is 0 Å². The molecule has 0 atom stereocenters. The van der Waals surface area contributed by atoms with Gasteiger partial charge in [0.1, 0.15) is 5.69 Å². The van der Waals surface area contributed by atoms with Gasteiger partial charge in [-0.1, -0.05) is 91.0 Å². The van der Waals surface area contributed by atoms with Crippen molar-refractivity contribution in [2.24, 2.45) is 7.05 Å². The number of aromatic nitrogens is 2. The zero-order valence-corrected chi connectivity index (χ0v) is 18.9. The first-order chi connectivity index (χ1) is 16.2. The van der Waals surface area contributed by atoms with Crippen LogP contribution >= 0.6 is 0 Å². The molecule has 5 aromatic carbocycles. The summed E-state index contributed by atoms with van der Waals surface area (Å²) < 4.78 is 4.74. The lowest BCUT2D eigenvalue weighted by Crippen LogP contribution is -2.30. The SMILES string of the molecule is Cc1cc(-c2ccccc2)ccc1-c1n(-c2cccc3ccccc23)c2ccccc2[n+]1C. The van der Waals surface area contributed by atoms with Crippen molar-refractivity contribution in [1.82, 2.24) is 4.57 Å². The summed E-state index contributed by atoms with van der Waals surface area (Å²) in [6.07, 6.45) is 0. The monoisotopic (exact) mass is 425 g/mol. The van der Waals surface area contributed by atoms with Gasteiger partial charge >= 0.3 is 0 Å². The summed E-state index contributed by atoms with van der Waals surface area (Å²) in [6, 6.07) is 41.3. The third-order valence-corrected chi connectivity index (χ3v) is 6.60. The molecule has 6 aromatic rings. The van der Waals surface area contributed by atoms with E-state index in [-0.39, 0.29) is 0 Å². The lowest BCUT2D eigenvalue weighted by molar-refractivity contribution is -0.633. The highest BCUT2D eigenvalue weighted by atomic mass is 15.2. The number of hydrogen-bond acceptors (Lipinski definition) is 0. The molecule has 0 saturated carbocycles. The van der Waals surface area contributed by atoms with E-state index in [1.54, 1.807) is 0 Å². The Labute approximate surface area is 194 Å². The molecule has 0 N–H and O–H groups in total. The van der Waals surface area contributed by atoms with Crippen LogP contribution in [0.5, 0.6) is 0 Å². The molecule has 33 heavy (non-hydrogen) atoms. The van der Waals surface area contributed by atoms with Crippen molar-refractivity contribution < 1.29 is 4.57 Å². The van der Waals surface area contributed by atoms with Crippen LogP contribution in [-0.2, 0) is 7.05 Å². The number of hydrogen-bond donors (Lipinski definition) is 0. The minimum atomic E-state index is 1.18. The van der Waals surface area contributed by atoms with E-state index in [9.17, 15) is 0 Å². The van der Waals surface area contributed by atoms with E-state index < -0.39 is 0 Å². The summed E-state index contributed by atoms with van der Waals surface area (Å²) in [5.41, 5.74) is 8.60. The number of aryl methyl sites for hydroxylation is 2. The highest BCUT2D eigenvalue weighted by Gasteiger charge is 2.27. The van der Waals surface area contributed by atoms with Crippen LogP contribution in [0.4, 0.5) is 0 Å². The zero-order valence-electron chi connectivity index (χ0n) is 18.9. The molecule has 0 fully saturated rings. The number of imidazole rings is 1. The predicted octanol–water partition coefficient (Wildman–Crippen LogP) is 7.25. The Hall–Kier alpha value is -4.17. The van der Waals surface area contributed by atoms with Crippen LogP contribution in [0.3, 0.4) is 0 Å². The van der Waals surface area contributed by atoms with Gasteiger partial charge in [0.25, 0.3) is 5.82 Å². The van der Waals surface area contributed by atoms with E-state index in [2.05, 4.69) is 138 Å². The van der Waals surface area contributed by atoms with Gasteiger partial charge in [0, 0.05) is 5.39 Å². The van der Waals surface area contributed by atoms with E-state index in [1.807, 2.05) is 0 Å². The normalized spacial score (nSPS) is 11.3. The Morgan fingerprint density at radius 2 is 1.36 bits per heavy atom. The maximum atomic E-state index is 2.42. The van der Waals surface area contributed by atoms with E-state index in [1.165, 1.54) is 55.6 Å². The van der Waals surface area contributed by atoms with E-state index in [0.29, 0.717) is 0 Å². The molecular weight excluding hydrogens is 400 g/mol. The molecule has 0 bridgehead atoms. The predicted molar refractivity (Wildman–Crippen MR) is 138 cm³/mol. The third kappa shape index (κ3) is 3.15. The van der Waals surface area contributed by atoms with E-state index in [0.717, 1.165) is 0 Å². The number of rotatable bonds is 3. The van der Waals surface area contributed by atoms with Crippen molar-refractivity contribution in [3.05, 3.63) is 121 Å². The van der Waals surface area contributed by atoms with Gasteiger partial charge in [-0.2, -0.15) is 4.57 Å². The maximum Gasteiger partial charge on any atom is 0.295 e. The fraction of sp³-hybridized carbons (Fsp3) is 0.0645. The fourth-order valence-corrected chi connectivity index (χ4v) is 4.99. The van der Waals surface area contributed by atoms with Crippen LogP contribution in [-0.4, -0.2) is 4.57 Å². The maximum absolute atomic E-state index is 2.42. The molecule has 0 radical (unpaired) electrons. The van der Waals surface area contributed by atoms with Gasteiger partial charge < -0.3 is 0 Å². The lowest BCUT2D eigenvalue weighted by atomic mass is 9.99. The molecule has 1 heterocycles. The molecule has 0 unspecified atom stereocenters. The average molecular weight is 426 g/mol. The highest BCUT2D eigenvalue weighted by molar-refractivity contribution is 5.93. The molecule has 0 amide bonds. The summed E-state index contributed by atoms with van der Waals surface area (Å²) in [5, 5.41) is 2.50. The molecule has 0 aliphatic carbocycles. The van der Waals surface area contributed by atoms with Crippen molar-refractivity contribution in [1.29, 1.82) is 0 Å². The molecule has 0 aliphatic heterocycles. The van der Waals surface area contributed by atoms with Crippen LogP contribution in [0, 0.1) is 6.92 Å². The van der Waals surface area contributed by atoms with E-state index in [4.69, 9.17) is 0 Å². The first kappa shape index (κ1) is 19.5. The molecule has 2 nitrogen and oxygen atoms in total. The molecule has 158 valence electrons. The summed E-state index contributed by atoms with van der Waals surface area (Å²) in [4.78, 5) is 0. The molecule has 2 heteroatoms. The van der Waals surface area contributed by atoms with Crippen molar-refractivity contribution in [2.45, 2.75) is 6.92 Å². The topological polar surface area (TPSA) is 8.81 Å². The van der Waals surface area contributed by atoms with Gasteiger partial charge in [0.05, 0.1) is 12.6 Å². The number of nitrogens with zero attached hydrogens (tertiary/aromatic N) is 2. The summed E-state index contributed by atoms with van der Waals surface area (Å²) in [5.74, 6) is 1.18. The van der Waals surface area contributed by atoms with Crippen molar-refractivity contribution >= 4 is 21.8 Å². The first-order valence-corrected chi connectivity index (χ1v) is 11.4. The van der Waals surface area contributed by atoms with Crippen LogP contribution in [0.15, 0.2) is 115 Å². The van der Waals surface area contributed by atoms with Crippen LogP contribution in [0.25, 0.3) is 50.0 Å². The Kier molecular flexibility index (Phi) is 4.58. The molecule has 0 saturated heterocycles. The quantitative estimate of drug-likeness (QED) is 0.264. The summed E-state index contributed by atoms with van der Waals surface area (Å²) >= 11 is 0. The average Bonchev–Trinajstić information content (AvgIpc) is 3.16. The smallest absolute Gasteiger partial charge is 0.225 e. The van der Waals surface area contributed by atoms with Crippen LogP contribution < -0.4 is 4.57 Å². The lowest BCUT2D eigenvalue weighted by Gasteiger charge is -2.10. The molecule has 6 rings (SSSR count). The van der Waals surface area contributed by atoms with Crippen molar-refractivity contribution in [3.63, 3.8) is 0 Å². The highest BCUT2D eigenvalue weighted by Crippen LogP contribution is 2.34. The van der Waals surface area contributed by atoms with Gasteiger partial charge in [-0.3, -0.25) is 0 Å². The van der Waals surface area contributed by atoms with E-state index >= 15 is 0 Å². The molecule has 1 aromatic heterocycles. The van der Waals surface area contributed by atoms with Gasteiger partial charge in [-0.05, 0) is 53.3 Å². The number of fused-ring (bicyclic) bond motifs is 2. The zero-order chi connectivity index (χ0) is 22.4. The minimum Gasteiger partial charge on any atom is -0.225 e. The second-order valence-corrected chi connectivity index (χ2v) is 8.60. The van der Waals surface area contributed by atoms with Crippen LogP contribution in [0.1, 0.15) is 5.56 Å². The minimum absolute atomic E-state index is 1.18. The second kappa shape index (κ2) is 7.75. The third-order valence-electron chi connectivity index (χ3n) is 6.60. The molecule has 0 aliphatic rings. The summed E-state index contributed by atoms with van der Waals surface area (Å²) in [7, 11) is 2.17. The number of para-hydroxylation sites is 2. The molecular formula is C31H25N2+. The first-order valence-electron chi connectivity index (χ1n) is 11.4. The van der Waals surface area contributed by atoms with Crippen molar-refractivity contribution in [3.8, 4) is 28.2 Å². The Morgan fingerprint density at radius 1 is 0.636 bits per heavy atom. The van der Waals surface area contributed by atoms with Crippen molar-refractivity contribution in [2.75, 3.05) is 0 Å². The standard InChI is InChI=1S/C31H25N2/c1-22-21-25(23-11-4-3-5-12-23)19-20-26(22)31-32(2)29-16-8-9-17-30(29)33(31)28-18-10-14-24-13-6-7-15-27(24)28/h3-21H,1-2H3/q+1. The Morgan fingerprint density at radius 3 is 2.21 bits per heavy atom. The van der Waals surface area contributed by atoms with Gasteiger partial charge in [0.2, 0.25) is 0 Å². The Bertz CT molecular complexity index is 1620. The number of benzene rings is 5. The largest absolute Gasteiger partial charge is 0.295 e. The molecule has 0 spiro atoms. The van der Waals surface area contributed by atoms with Gasteiger partial charge in [-0.25, -0.2) is 4.57 Å². The van der Waals surface area contributed by atoms with Gasteiger partial charge in [-0.15, -0.1) is 0 Å². The second-order valence-electron chi connectivity index (χ2n) is 8.60. The van der Waals surface area contributed by atoms with Gasteiger partial charge in [0.15, 0.2) is 11.0 Å². The summed E-state index contributed by atoms with van der Waals surface area (Å²) in [6.45, 7) is 2.22. The Balaban J connectivity index is 1.66. The fourth-order valence-electron chi connectivity index (χ4n) is 4.99.